The predicted octanol–water partition coefficient (Wildman–Crippen LogP) is 4.80. The van der Waals surface area contributed by atoms with Gasteiger partial charge in [-0.05, 0) is 54.8 Å². The second-order valence-corrected chi connectivity index (χ2v) is 8.50. The molecule has 3 rings (SSSR count). The van der Waals surface area contributed by atoms with E-state index in [4.69, 9.17) is 4.74 Å². The number of amides is 1. The highest BCUT2D eigenvalue weighted by molar-refractivity contribution is 8.19. The summed E-state index contributed by atoms with van der Waals surface area (Å²) in [6.07, 6.45) is 0. The first-order valence-electron chi connectivity index (χ1n) is 7.95. The summed E-state index contributed by atoms with van der Waals surface area (Å²) < 4.78 is 6.12. The van der Waals surface area contributed by atoms with Crippen LogP contribution in [0.3, 0.4) is 0 Å². The Hall–Kier alpha value is -1.59. The molecule has 0 saturated carbocycles. The number of ether oxygens (including phenoxy) is 1. The predicted molar refractivity (Wildman–Crippen MR) is 104 cm³/mol. The quantitative estimate of drug-likeness (QED) is 0.832. The number of hydrogen-bond acceptors (Lipinski definition) is 4. The summed E-state index contributed by atoms with van der Waals surface area (Å²) in [5.74, 6) is 3.00. The van der Waals surface area contributed by atoms with Gasteiger partial charge in [0.2, 0.25) is 0 Å². The van der Waals surface area contributed by atoms with Crippen molar-refractivity contribution in [3.63, 3.8) is 0 Å². The number of anilines is 1. The average molecular weight is 360 g/mol. The first-order valence-corrected chi connectivity index (χ1v) is 10.0. The van der Waals surface area contributed by atoms with E-state index in [1.165, 1.54) is 22.6 Å². The Labute approximate surface area is 151 Å². The maximum Gasteiger partial charge on any atom is 0.262 e. The molecular weight excluding hydrogens is 338 g/mol. The Balaban J connectivity index is 1.51. The molecule has 126 valence electrons. The summed E-state index contributed by atoms with van der Waals surface area (Å²) in [5.41, 5.74) is 4.49. The lowest BCUT2D eigenvalue weighted by Gasteiger charge is -2.11. The summed E-state index contributed by atoms with van der Waals surface area (Å²) >= 11 is 3.96. The first-order chi connectivity index (χ1) is 11.6. The van der Waals surface area contributed by atoms with Crippen LogP contribution in [-0.2, 0) is 4.79 Å². The second-order valence-electron chi connectivity index (χ2n) is 5.78. The molecule has 1 aliphatic rings. The Bertz CT molecular complexity index is 710. The van der Waals surface area contributed by atoms with Gasteiger partial charge in [-0.25, -0.2) is 0 Å². The van der Waals surface area contributed by atoms with E-state index in [9.17, 15) is 4.79 Å². The van der Waals surface area contributed by atoms with Crippen LogP contribution in [0.5, 0.6) is 5.75 Å². The minimum absolute atomic E-state index is 0.0131. The fourth-order valence-electron chi connectivity index (χ4n) is 2.44. The van der Waals surface area contributed by atoms with Gasteiger partial charge in [-0.1, -0.05) is 18.2 Å². The molecule has 1 saturated heterocycles. The smallest absolute Gasteiger partial charge is 0.262 e. The van der Waals surface area contributed by atoms with Gasteiger partial charge in [0.05, 0.1) is 4.58 Å². The van der Waals surface area contributed by atoms with Crippen LogP contribution in [0.15, 0.2) is 42.5 Å². The minimum atomic E-state index is -0.149. The van der Waals surface area contributed by atoms with E-state index in [1.54, 1.807) is 0 Å². The number of carbonyl (C=O) groups is 1. The number of hydrogen-bond donors (Lipinski definition) is 1. The maximum atomic E-state index is 12.0. The Kier molecular flexibility index (Phi) is 5.74. The molecule has 1 heterocycles. The number of rotatable bonds is 5. The molecule has 0 aromatic heterocycles. The number of aryl methyl sites for hydroxylation is 2. The van der Waals surface area contributed by atoms with E-state index in [2.05, 4.69) is 24.4 Å². The van der Waals surface area contributed by atoms with E-state index in [1.807, 2.05) is 60.8 Å². The molecule has 0 aliphatic carbocycles. The zero-order valence-corrected chi connectivity index (χ0v) is 15.5. The minimum Gasteiger partial charge on any atom is -0.484 e. The summed E-state index contributed by atoms with van der Waals surface area (Å²) in [7, 11) is 0. The topological polar surface area (TPSA) is 38.3 Å². The number of carbonyl (C=O) groups excluding carboxylic acids is 1. The van der Waals surface area contributed by atoms with Crippen LogP contribution in [0.25, 0.3) is 0 Å². The lowest BCUT2D eigenvalue weighted by molar-refractivity contribution is -0.118. The molecule has 0 spiro atoms. The monoisotopic (exact) mass is 359 g/mol. The van der Waals surface area contributed by atoms with Gasteiger partial charge in [0, 0.05) is 17.2 Å². The van der Waals surface area contributed by atoms with Crippen LogP contribution in [0.2, 0.25) is 0 Å². The molecule has 5 heteroatoms. The SMILES string of the molecule is Cc1ccc(NC(=O)COc2ccc(C3SCCS3)cc2)cc1C. The van der Waals surface area contributed by atoms with Gasteiger partial charge in [-0.15, -0.1) is 23.5 Å². The van der Waals surface area contributed by atoms with Gasteiger partial charge < -0.3 is 10.1 Å². The summed E-state index contributed by atoms with van der Waals surface area (Å²) in [4.78, 5) is 12.0. The van der Waals surface area contributed by atoms with E-state index in [0.29, 0.717) is 4.58 Å². The molecule has 1 aliphatic heterocycles. The average Bonchev–Trinajstić information content (AvgIpc) is 3.11. The molecule has 0 unspecified atom stereocenters. The Morgan fingerprint density at radius 1 is 1.08 bits per heavy atom. The van der Waals surface area contributed by atoms with Crippen LogP contribution < -0.4 is 10.1 Å². The second kappa shape index (κ2) is 7.99. The Morgan fingerprint density at radius 3 is 2.46 bits per heavy atom. The van der Waals surface area contributed by atoms with Crippen LogP contribution in [-0.4, -0.2) is 24.0 Å². The fraction of sp³-hybridized carbons (Fsp3) is 0.316. The molecule has 2 aromatic carbocycles. The molecule has 3 nitrogen and oxygen atoms in total. The lowest BCUT2D eigenvalue weighted by Crippen LogP contribution is -2.20. The van der Waals surface area contributed by atoms with Crippen molar-refractivity contribution in [3.05, 3.63) is 59.2 Å². The standard InChI is InChI=1S/C19H21NO2S2/c1-13-3-6-16(11-14(13)2)20-18(21)12-22-17-7-4-15(5-8-17)19-23-9-10-24-19/h3-8,11,19H,9-10,12H2,1-2H3,(H,20,21). The largest absolute Gasteiger partial charge is 0.484 e. The van der Waals surface area contributed by atoms with Crippen molar-refractivity contribution in [2.24, 2.45) is 0 Å². The van der Waals surface area contributed by atoms with Crippen molar-refractivity contribution in [1.82, 2.24) is 0 Å². The van der Waals surface area contributed by atoms with Crippen molar-refractivity contribution in [2.75, 3.05) is 23.4 Å². The van der Waals surface area contributed by atoms with Crippen LogP contribution >= 0.6 is 23.5 Å². The Morgan fingerprint density at radius 2 is 1.79 bits per heavy atom. The van der Waals surface area contributed by atoms with Crippen molar-refractivity contribution < 1.29 is 9.53 Å². The molecule has 1 N–H and O–H groups in total. The molecule has 1 fully saturated rings. The van der Waals surface area contributed by atoms with Crippen molar-refractivity contribution in [1.29, 1.82) is 0 Å². The summed E-state index contributed by atoms with van der Waals surface area (Å²) in [5, 5.41) is 2.87. The van der Waals surface area contributed by atoms with Gasteiger partial charge in [0.1, 0.15) is 5.75 Å². The maximum absolute atomic E-state index is 12.0. The molecule has 2 aromatic rings. The van der Waals surface area contributed by atoms with E-state index < -0.39 is 0 Å². The van der Waals surface area contributed by atoms with Gasteiger partial charge >= 0.3 is 0 Å². The molecule has 0 bridgehead atoms. The third-order valence-corrected chi connectivity index (χ3v) is 7.04. The van der Waals surface area contributed by atoms with E-state index in [0.717, 1.165) is 17.0 Å². The van der Waals surface area contributed by atoms with Gasteiger partial charge in [-0.3, -0.25) is 4.79 Å². The number of nitrogens with one attached hydrogen (secondary N) is 1. The molecule has 1 amide bonds. The normalized spacial score (nSPS) is 14.6. The van der Waals surface area contributed by atoms with Gasteiger partial charge in [0.25, 0.3) is 5.91 Å². The third kappa shape index (κ3) is 4.48. The van der Waals surface area contributed by atoms with Crippen molar-refractivity contribution in [2.45, 2.75) is 18.4 Å². The number of thioether (sulfide) groups is 2. The zero-order chi connectivity index (χ0) is 16.9. The van der Waals surface area contributed by atoms with E-state index in [-0.39, 0.29) is 12.5 Å². The third-order valence-electron chi connectivity index (χ3n) is 3.93. The molecule has 24 heavy (non-hydrogen) atoms. The van der Waals surface area contributed by atoms with Gasteiger partial charge in [0.15, 0.2) is 6.61 Å². The molecule has 0 radical (unpaired) electrons. The van der Waals surface area contributed by atoms with Crippen LogP contribution in [0.1, 0.15) is 21.3 Å². The van der Waals surface area contributed by atoms with E-state index >= 15 is 0 Å². The highest BCUT2D eigenvalue weighted by Crippen LogP contribution is 2.45. The molecular formula is C19H21NO2S2. The first kappa shape index (κ1) is 17.2. The fourth-order valence-corrected chi connectivity index (χ4v) is 5.30. The highest BCUT2D eigenvalue weighted by Gasteiger charge is 2.18. The summed E-state index contributed by atoms with van der Waals surface area (Å²) in [6.45, 7) is 4.10. The highest BCUT2D eigenvalue weighted by atomic mass is 32.2. The van der Waals surface area contributed by atoms with Crippen LogP contribution in [0.4, 0.5) is 5.69 Å². The van der Waals surface area contributed by atoms with Gasteiger partial charge in [-0.2, -0.15) is 0 Å². The van der Waals surface area contributed by atoms with Crippen molar-refractivity contribution >= 4 is 35.1 Å². The number of benzene rings is 2. The molecule has 0 atom stereocenters. The zero-order valence-electron chi connectivity index (χ0n) is 13.9. The summed E-state index contributed by atoms with van der Waals surface area (Å²) in [6, 6.07) is 13.9. The van der Waals surface area contributed by atoms with Crippen LogP contribution in [0, 0.1) is 13.8 Å². The lowest BCUT2D eigenvalue weighted by atomic mass is 10.1. The van der Waals surface area contributed by atoms with Crippen molar-refractivity contribution in [3.8, 4) is 5.75 Å².